The number of hydrogen-bond donors (Lipinski definition) is 1. The molecule has 2 rings (SSSR count). The van der Waals surface area contributed by atoms with Gasteiger partial charge in [-0.2, -0.15) is 0 Å². The minimum Gasteiger partial charge on any atom is -0.496 e. The van der Waals surface area contributed by atoms with Gasteiger partial charge >= 0.3 is 0 Å². The van der Waals surface area contributed by atoms with Gasteiger partial charge in [0.15, 0.2) is 0 Å². The van der Waals surface area contributed by atoms with Crippen LogP contribution >= 0.6 is 0 Å². The molecular formula is C17H28N2O. The minimum atomic E-state index is 0.737. The minimum absolute atomic E-state index is 0.737. The van der Waals surface area contributed by atoms with Gasteiger partial charge in [0.2, 0.25) is 0 Å². The molecule has 1 fully saturated rings. The van der Waals surface area contributed by atoms with E-state index in [9.17, 15) is 0 Å². The second-order valence-corrected chi connectivity index (χ2v) is 5.88. The van der Waals surface area contributed by atoms with Crippen LogP contribution in [0.15, 0.2) is 18.2 Å². The average molecular weight is 276 g/mol. The maximum Gasteiger partial charge on any atom is 0.123 e. The van der Waals surface area contributed by atoms with Gasteiger partial charge in [-0.3, -0.25) is 4.90 Å². The van der Waals surface area contributed by atoms with Crippen LogP contribution in [-0.4, -0.2) is 32.1 Å². The molecule has 0 radical (unpaired) electrons. The van der Waals surface area contributed by atoms with Gasteiger partial charge in [-0.1, -0.05) is 25.3 Å². The van der Waals surface area contributed by atoms with Crippen molar-refractivity contribution in [2.75, 3.05) is 21.2 Å². The third kappa shape index (κ3) is 3.97. The van der Waals surface area contributed by atoms with Crippen LogP contribution in [0.2, 0.25) is 0 Å². The van der Waals surface area contributed by atoms with Crippen molar-refractivity contribution in [1.82, 2.24) is 10.2 Å². The molecule has 1 saturated carbocycles. The van der Waals surface area contributed by atoms with Crippen molar-refractivity contribution in [2.45, 2.75) is 51.2 Å². The van der Waals surface area contributed by atoms with E-state index >= 15 is 0 Å². The average Bonchev–Trinajstić information content (AvgIpc) is 2.49. The molecule has 3 heteroatoms. The van der Waals surface area contributed by atoms with Gasteiger partial charge in [0.05, 0.1) is 7.11 Å². The quantitative estimate of drug-likeness (QED) is 0.863. The van der Waals surface area contributed by atoms with Gasteiger partial charge in [0.1, 0.15) is 5.75 Å². The van der Waals surface area contributed by atoms with Crippen LogP contribution in [0.5, 0.6) is 5.75 Å². The monoisotopic (exact) mass is 276 g/mol. The van der Waals surface area contributed by atoms with Crippen LogP contribution in [-0.2, 0) is 13.1 Å². The molecule has 1 aromatic carbocycles. The van der Waals surface area contributed by atoms with Crippen molar-refractivity contribution in [3.05, 3.63) is 29.3 Å². The van der Waals surface area contributed by atoms with Crippen LogP contribution in [0.1, 0.15) is 43.2 Å². The number of nitrogens with zero attached hydrogens (tertiary/aromatic N) is 1. The molecule has 0 aromatic heterocycles. The first-order valence-electron chi connectivity index (χ1n) is 7.75. The van der Waals surface area contributed by atoms with Crippen molar-refractivity contribution in [3.63, 3.8) is 0 Å². The molecule has 0 amide bonds. The molecule has 3 nitrogen and oxygen atoms in total. The number of ether oxygens (including phenoxy) is 1. The van der Waals surface area contributed by atoms with Gasteiger partial charge in [-0.15, -0.1) is 0 Å². The lowest BCUT2D eigenvalue weighted by Crippen LogP contribution is -2.33. The molecule has 1 aliphatic rings. The Kier molecular flexibility index (Phi) is 5.86. The Hall–Kier alpha value is -1.06. The van der Waals surface area contributed by atoms with E-state index in [2.05, 4.69) is 35.5 Å². The van der Waals surface area contributed by atoms with Gasteiger partial charge < -0.3 is 10.1 Å². The molecule has 20 heavy (non-hydrogen) atoms. The highest BCUT2D eigenvalue weighted by Gasteiger charge is 2.19. The maximum absolute atomic E-state index is 5.52. The highest BCUT2D eigenvalue weighted by Crippen LogP contribution is 2.26. The van der Waals surface area contributed by atoms with Crippen LogP contribution in [0.3, 0.4) is 0 Å². The smallest absolute Gasteiger partial charge is 0.123 e. The molecule has 1 N–H and O–H groups in total. The molecule has 0 heterocycles. The van der Waals surface area contributed by atoms with Crippen LogP contribution in [0.25, 0.3) is 0 Å². The molecule has 0 atom stereocenters. The summed E-state index contributed by atoms with van der Waals surface area (Å²) in [6.07, 6.45) is 6.85. The molecule has 112 valence electrons. The maximum atomic E-state index is 5.52. The van der Waals surface area contributed by atoms with Crippen molar-refractivity contribution in [3.8, 4) is 5.75 Å². The van der Waals surface area contributed by atoms with E-state index in [4.69, 9.17) is 4.74 Å². The van der Waals surface area contributed by atoms with E-state index in [1.807, 2.05) is 7.05 Å². The summed E-state index contributed by atoms with van der Waals surface area (Å²) in [6.45, 7) is 1.88. The number of nitrogens with one attached hydrogen (secondary N) is 1. The van der Waals surface area contributed by atoms with Gasteiger partial charge in [-0.25, -0.2) is 0 Å². The molecule has 0 aliphatic heterocycles. The summed E-state index contributed by atoms with van der Waals surface area (Å²) >= 11 is 0. The molecule has 1 aromatic rings. The summed E-state index contributed by atoms with van der Waals surface area (Å²) in [5.41, 5.74) is 2.62. The van der Waals surface area contributed by atoms with Gasteiger partial charge in [0, 0.05) is 24.7 Å². The molecule has 0 bridgehead atoms. The summed E-state index contributed by atoms with van der Waals surface area (Å²) in [5, 5.41) is 3.21. The second-order valence-electron chi connectivity index (χ2n) is 5.88. The van der Waals surface area contributed by atoms with E-state index < -0.39 is 0 Å². The van der Waals surface area contributed by atoms with E-state index in [0.717, 1.165) is 24.9 Å². The van der Waals surface area contributed by atoms with Crippen LogP contribution < -0.4 is 10.1 Å². The molecular weight excluding hydrogens is 248 g/mol. The summed E-state index contributed by atoms with van der Waals surface area (Å²) in [5.74, 6) is 1.01. The molecule has 0 saturated heterocycles. The Labute approximate surface area is 123 Å². The fourth-order valence-corrected chi connectivity index (χ4v) is 3.19. The standard InChI is InChI=1S/C17H28N2O/c1-18-12-14-9-10-17(20-3)15(11-14)13-19(2)16-7-5-4-6-8-16/h9-11,16,18H,4-8,12-13H2,1-3H3. The Balaban J connectivity index is 2.07. The van der Waals surface area contributed by atoms with E-state index in [1.165, 1.54) is 43.2 Å². The van der Waals surface area contributed by atoms with E-state index in [0.29, 0.717) is 0 Å². The number of rotatable bonds is 6. The predicted octanol–water partition coefficient (Wildman–Crippen LogP) is 3.18. The second kappa shape index (κ2) is 7.65. The summed E-state index contributed by atoms with van der Waals surface area (Å²) in [4.78, 5) is 2.50. The normalized spacial score (nSPS) is 16.6. The summed E-state index contributed by atoms with van der Waals surface area (Å²) in [7, 11) is 6.00. The fraction of sp³-hybridized carbons (Fsp3) is 0.647. The Morgan fingerprint density at radius 3 is 2.65 bits per heavy atom. The number of methoxy groups -OCH3 is 1. The first-order valence-corrected chi connectivity index (χ1v) is 7.75. The van der Waals surface area contributed by atoms with Crippen molar-refractivity contribution in [1.29, 1.82) is 0 Å². The van der Waals surface area contributed by atoms with Crippen molar-refractivity contribution in [2.24, 2.45) is 0 Å². The molecule has 0 spiro atoms. The molecule has 1 aliphatic carbocycles. The lowest BCUT2D eigenvalue weighted by atomic mass is 9.94. The molecule has 0 unspecified atom stereocenters. The van der Waals surface area contributed by atoms with Crippen molar-refractivity contribution >= 4 is 0 Å². The highest BCUT2D eigenvalue weighted by atomic mass is 16.5. The Morgan fingerprint density at radius 1 is 1.25 bits per heavy atom. The lowest BCUT2D eigenvalue weighted by molar-refractivity contribution is 0.183. The highest BCUT2D eigenvalue weighted by molar-refractivity contribution is 5.37. The zero-order valence-corrected chi connectivity index (χ0v) is 13.1. The Morgan fingerprint density at radius 2 is 2.00 bits per heavy atom. The summed E-state index contributed by atoms with van der Waals surface area (Å²) in [6, 6.07) is 7.24. The topological polar surface area (TPSA) is 24.5 Å². The number of benzene rings is 1. The van der Waals surface area contributed by atoms with Gasteiger partial charge in [-0.05, 0) is 44.6 Å². The first kappa shape index (κ1) is 15.3. The lowest BCUT2D eigenvalue weighted by Gasteiger charge is -2.31. The zero-order chi connectivity index (χ0) is 14.4. The Bertz CT molecular complexity index is 413. The zero-order valence-electron chi connectivity index (χ0n) is 13.1. The van der Waals surface area contributed by atoms with Gasteiger partial charge in [0.25, 0.3) is 0 Å². The fourth-order valence-electron chi connectivity index (χ4n) is 3.19. The van der Waals surface area contributed by atoms with Crippen molar-refractivity contribution < 1.29 is 4.74 Å². The predicted molar refractivity (Wildman–Crippen MR) is 84.1 cm³/mol. The third-order valence-corrected chi connectivity index (χ3v) is 4.34. The first-order chi connectivity index (χ1) is 9.74. The van der Waals surface area contributed by atoms with Crippen LogP contribution in [0, 0.1) is 0 Å². The van der Waals surface area contributed by atoms with E-state index in [-0.39, 0.29) is 0 Å². The van der Waals surface area contributed by atoms with E-state index in [1.54, 1.807) is 7.11 Å². The third-order valence-electron chi connectivity index (χ3n) is 4.34. The number of hydrogen-bond acceptors (Lipinski definition) is 3. The SMILES string of the molecule is CNCc1ccc(OC)c(CN(C)C2CCCCC2)c1. The van der Waals surface area contributed by atoms with Crippen LogP contribution in [0.4, 0.5) is 0 Å². The largest absolute Gasteiger partial charge is 0.496 e. The summed E-state index contributed by atoms with van der Waals surface area (Å²) < 4.78 is 5.52.